The lowest BCUT2D eigenvalue weighted by molar-refractivity contribution is 0.363. The van der Waals surface area contributed by atoms with Gasteiger partial charge in [0.15, 0.2) is 0 Å². The van der Waals surface area contributed by atoms with E-state index in [-0.39, 0.29) is 5.88 Å². The highest BCUT2D eigenvalue weighted by Crippen LogP contribution is 1.93. The fourth-order valence-corrected chi connectivity index (χ4v) is 1.45. The van der Waals surface area contributed by atoms with Crippen molar-refractivity contribution < 1.29 is 13.0 Å². The van der Waals surface area contributed by atoms with Crippen molar-refractivity contribution in [3.05, 3.63) is 25.3 Å². The fraction of sp³-hybridized carbons (Fsp3) is 0.429. The van der Waals surface area contributed by atoms with Crippen LogP contribution in [-0.2, 0) is 10.1 Å². The van der Waals surface area contributed by atoms with Crippen LogP contribution in [0.4, 0.5) is 0 Å². The molecule has 0 spiro atoms. The Morgan fingerprint density at radius 1 is 1.25 bits per heavy atom. The number of hydrogen-bond acceptors (Lipinski definition) is 3. The van der Waals surface area contributed by atoms with Gasteiger partial charge in [0.05, 0.1) is 0 Å². The molecule has 0 saturated heterocycles. The van der Waals surface area contributed by atoms with E-state index in [2.05, 4.69) is 13.2 Å². The molecule has 0 aromatic heterocycles. The van der Waals surface area contributed by atoms with Gasteiger partial charge >= 0.3 is 0 Å². The summed E-state index contributed by atoms with van der Waals surface area (Å²) in [6.07, 6.45) is 3.13. The molecule has 0 fully saturated rings. The molecule has 0 aromatic carbocycles. The highest BCUT2D eigenvalue weighted by Gasteiger charge is 2.10. The standard InChI is InChI=1S/C7H13NO3S/c1-3-5-8(6-4-2)7-12(9,10)11/h3-4H,1-2,5-7H2,(H,9,10,11). The normalized spacial score (nSPS) is 11.5. The highest BCUT2D eigenvalue weighted by molar-refractivity contribution is 7.85. The van der Waals surface area contributed by atoms with Crippen LogP contribution in [0, 0.1) is 0 Å². The second kappa shape index (κ2) is 5.08. The molecular formula is C7H13NO3S. The molecule has 0 aliphatic rings. The van der Waals surface area contributed by atoms with Crippen molar-refractivity contribution in [2.75, 3.05) is 19.0 Å². The van der Waals surface area contributed by atoms with E-state index in [1.807, 2.05) is 0 Å². The average Bonchev–Trinajstić information content (AvgIpc) is 1.84. The molecule has 0 amide bonds. The Kier molecular flexibility index (Phi) is 4.80. The maximum Gasteiger partial charge on any atom is 0.278 e. The lowest BCUT2D eigenvalue weighted by Gasteiger charge is -2.15. The predicted molar refractivity (Wildman–Crippen MR) is 48.4 cm³/mol. The van der Waals surface area contributed by atoms with Crippen molar-refractivity contribution in [1.82, 2.24) is 4.90 Å². The van der Waals surface area contributed by atoms with Crippen LogP contribution in [0.2, 0.25) is 0 Å². The summed E-state index contributed by atoms with van der Waals surface area (Å²) in [4.78, 5) is 1.50. The van der Waals surface area contributed by atoms with Gasteiger partial charge in [-0.2, -0.15) is 8.42 Å². The third-order valence-corrected chi connectivity index (χ3v) is 1.81. The predicted octanol–water partition coefficient (Wildman–Crippen LogP) is 0.506. The van der Waals surface area contributed by atoms with Crippen molar-refractivity contribution in [2.45, 2.75) is 0 Å². The second-order valence-electron chi connectivity index (χ2n) is 2.32. The molecule has 4 nitrogen and oxygen atoms in total. The third-order valence-electron chi connectivity index (χ3n) is 1.12. The van der Waals surface area contributed by atoms with E-state index >= 15 is 0 Å². The van der Waals surface area contributed by atoms with Gasteiger partial charge in [-0.15, -0.1) is 13.2 Å². The van der Waals surface area contributed by atoms with E-state index in [0.29, 0.717) is 13.1 Å². The van der Waals surface area contributed by atoms with Crippen LogP contribution in [0.15, 0.2) is 25.3 Å². The summed E-state index contributed by atoms with van der Waals surface area (Å²) in [6.45, 7) is 7.74. The van der Waals surface area contributed by atoms with E-state index in [9.17, 15) is 8.42 Å². The number of hydrogen-bond donors (Lipinski definition) is 1. The molecule has 1 N–H and O–H groups in total. The van der Waals surface area contributed by atoms with Crippen LogP contribution in [0.3, 0.4) is 0 Å². The monoisotopic (exact) mass is 191 g/mol. The summed E-state index contributed by atoms with van der Waals surface area (Å²) in [5, 5.41) is 0. The van der Waals surface area contributed by atoms with Gasteiger partial charge in [-0.25, -0.2) is 0 Å². The minimum Gasteiger partial charge on any atom is -0.285 e. The Morgan fingerprint density at radius 3 is 1.92 bits per heavy atom. The molecule has 0 radical (unpaired) electrons. The third kappa shape index (κ3) is 6.09. The van der Waals surface area contributed by atoms with Gasteiger partial charge in [0.25, 0.3) is 10.1 Å². The fourth-order valence-electron chi connectivity index (χ4n) is 0.776. The first-order chi connectivity index (χ1) is 5.49. The quantitative estimate of drug-likeness (QED) is 0.491. The molecule has 0 bridgehead atoms. The first-order valence-corrected chi connectivity index (χ1v) is 5.00. The summed E-state index contributed by atoms with van der Waals surface area (Å²) in [7, 11) is -3.94. The summed E-state index contributed by atoms with van der Waals surface area (Å²) in [6, 6.07) is 0. The number of rotatable bonds is 6. The minimum atomic E-state index is -3.94. The Morgan fingerprint density at radius 2 is 1.67 bits per heavy atom. The summed E-state index contributed by atoms with van der Waals surface area (Å²) >= 11 is 0. The maximum atomic E-state index is 10.4. The molecule has 12 heavy (non-hydrogen) atoms. The lowest BCUT2D eigenvalue weighted by Crippen LogP contribution is -2.29. The molecule has 0 aliphatic carbocycles. The SMILES string of the molecule is C=CCN(CC=C)CS(=O)(=O)O. The first-order valence-electron chi connectivity index (χ1n) is 3.39. The number of nitrogens with zero attached hydrogens (tertiary/aromatic N) is 1. The zero-order chi connectivity index (χ0) is 9.61. The van der Waals surface area contributed by atoms with Crippen LogP contribution in [0.25, 0.3) is 0 Å². The Balaban J connectivity index is 4.12. The van der Waals surface area contributed by atoms with Crippen molar-refractivity contribution in [2.24, 2.45) is 0 Å². The van der Waals surface area contributed by atoms with Gasteiger partial charge in [-0.3, -0.25) is 9.45 Å². The molecule has 0 unspecified atom stereocenters. The molecule has 5 heteroatoms. The Labute approximate surface area is 72.9 Å². The molecule has 0 heterocycles. The zero-order valence-corrected chi connectivity index (χ0v) is 7.63. The van der Waals surface area contributed by atoms with Crippen molar-refractivity contribution in [1.29, 1.82) is 0 Å². The largest absolute Gasteiger partial charge is 0.285 e. The van der Waals surface area contributed by atoms with Gasteiger partial charge in [-0.05, 0) is 0 Å². The molecule has 0 atom stereocenters. The first kappa shape index (κ1) is 11.4. The zero-order valence-electron chi connectivity index (χ0n) is 6.81. The van der Waals surface area contributed by atoms with Crippen LogP contribution < -0.4 is 0 Å². The minimum absolute atomic E-state index is 0.384. The molecule has 0 aromatic rings. The highest BCUT2D eigenvalue weighted by atomic mass is 32.2. The van der Waals surface area contributed by atoms with E-state index in [4.69, 9.17) is 4.55 Å². The summed E-state index contributed by atoms with van der Waals surface area (Å²) in [5.74, 6) is -0.384. The topological polar surface area (TPSA) is 57.6 Å². The van der Waals surface area contributed by atoms with E-state index in [0.717, 1.165) is 0 Å². The molecule has 0 aliphatic heterocycles. The van der Waals surface area contributed by atoms with Gasteiger partial charge in [0.1, 0.15) is 5.88 Å². The molecule has 70 valence electrons. The molecule has 0 rings (SSSR count). The van der Waals surface area contributed by atoms with E-state index in [1.54, 1.807) is 12.2 Å². The summed E-state index contributed by atoms with van der Waals surface area (Å²) < 4.78 is 29.4. The van der Waals surface area contributed by atoms with Gasteiger partial charge in [0.2, 0.25) is 0 Å². The van der Waals surface area contributed by atoms with Crippen LogP contribution in [-0.4, -0.2) is 36.8 Å². The van der Waals surface area contributed by atoms with Crippen molar-refractivity contribution in [3.63, 3.8) is 0 Å². The average molecular weight is 191 g/mol. The van der Waals surface area contributed by atoms with Crippen molar-refractivity contribution in [3.8, 4) is 0 Å². The van der Waals surface area contributed by atoms with Gasteiger partial charge < -0.3 is 0 Å². The molecule has 0 saturated carbocycles. The van der Waals surface area contributed by atoms with E-state index in [1.165, 1.54) is 4.90 Å². The van der Waals surface area contributed by atoms with Gasteiger partial charge in [-0.1, -0.05) is 12.2 Å². The van der Waals surface area contributed by atoms with Crippen LogP contribution >= 0.6 is 0 Å². The Hall–Kier alpha value is -0.650. The van der Waals surface area contributed by atoms with E-state index < -0.39 is 10.1 Å². The van der Waals surface area contributed by atoms with Crippen molar-refractivity contribution >= 4 is 10.1 Å². The van der Waals surface area contributed by atoms with Crippen LogP contribution in [0.5, 0.6) is 0 Å². The van der Waals surface area contributed by atoms with Gasteiger partial charge in [0, 0.05) is 13.1 Å². The van der Waals surface area contributed by atoms with Crippen LogP contribution in [0.1, 0.15) is 0 Å². The Bertz CT molecular complexity index is 235. The summed E-state index contributed by atoms with van der Waals surface area (Å²) in [5.41, 5.74) is 0. The molecular weight excluding hydrogens is 178 g/mol. The second-order valence-corrected chi connectivity index (χ2v) is 3.75. The lowest BCUT2D eigenvalue weighted by atomic mass is 10.5. The smallest absolute Gasteiger partial charge is 0.278 e. The maximum absolute atomic E-state index is 10.4.